The molecule has 0 saturated carbocycles. The minimum atomic E-state index is -3.81. The van der Waals surface area contributed by atoms with Crippen LogP contribution in [0.4, 0.5) is 5.82 Å². The first-order chi connectivity index (χ1) is 40.8. The van der Waals surface area contributed by atoms with Gasteiger partial charge in [0, 0.05) is 23.4 Å². The largest absolute Gasteiger partial charge is 0.408 e. The number of amides is 1. The van der Waals surface area contributed by atoms with Crippen molar-refractivity contribution in [1.82, 2.24) is 49.4 Å². The van der Waals surface area contributed by atoms with E-state index in [1.54, 1.807) is 53.6 Å². The quantitative estimate of drug-likeness (QED) is 0.0173. The fourth-order valence-corrected chi connectivity index (χ4v) is 14.4. The van der Waals surface area contributed by atoms with Crippen LogP contribution in [0.2, 0.25) is 18.1 Å². The lowest BCUT2D eigenvalue weighted by Crippen LogP contribution is -2.55. The number of imidazole rings is 2. The van der Waals surface area contributed by atoms with E-state index in [1.165, 1.54) is 12.7 Å². The number of benzene rings is 4. The fraction of sp³-hybridized carbons (Fsp3) is 0.393. The molecule has 9 atom stereocenters. The van der Waals surface area contributed by atoms with Gasteiger partial charge in [-0.1, -0.05) is 151 Å². The van der Waals surface area contributed by atoms with Crippen LogP contribution >= 0.6 is 6.64 Å². The number of anilines is 1. The zero-order valence-corrected chi connectivity index (χ0v) is 51.4. The number of ketones is 1. The Hall–Kier alpha value is -7.04. The van der Waals surface area contributed by atoms with E-state index in [0.717, 1.165) is 16.7 Å². The molecule has 444 valence electrons. The standard InChI is InChI=1S/C61H71N12O9PSSi/c1-38(2)44(75)32-47-67-55-51(57(77)68-47)66-37-73(55)58-39(3)48(70-61(41-24-15-10-16-25-41,42-26-17-11-18-27-42)43-28-19-12-20-29-43)46(81-58)34-79-83(84,78-31-21-30-62)71-49-45(33-74)80-59(52(49)82-85(7,8)60(4,5)6)72-36-65-50-53(63-35-64-54(50)72)69-56(76)40-22-13-9-14-23-40/h9-20,22-29,35-39,45-46,48-49,52,58-59,70,74H,21,31-34H2,1-8H3,(H,71,84)(H,67,68,77)(H,63,64,69,76)/t39-,45-,46-,48?,49-,52-,58-,59-,83?/m1/s1. The Morgan fingerprint density at radius 1 is 0.812 bits per heavy atom. The summed E-state index contributed by atoms with van der Waals surface area (Å²) in [6.07, 6.45) is -0.208. The zero-order valence-electron chi connectivity index (χ0n) is 48.7. The van der Waals surface area contributed by atoms with Gasteiger partial charge in [0.25, 0.3) is 18.1 Å². The summed E-state index contributed by atoms with van der Waals surface area (Å²) >= 11 is 6.55. The Balaban J connectivity index is 1.05. The van der Waals surface area contributed by atoms with E-state index >= 15 is 0 Å². The highest BCUT2D eigenvalue weighted by Gasteiger charge is 2.54. The van der Waals surface area contributed by atoms with Gasteiger partial charge in [-0.25, -0.2) is 30.0 Å². The monoisotopic (exact) mass is 1210 g/mol. The topological polar surface area (TPSA) is 268 Å². The first-order valence-corrected chi connectivity index (χ1v) is 33.9. The number of H-pyrrole nitrogens is 1. The number of aromatic nitrogens is 8. The van der Waals surface area contributed by atoms with Crippen molar-refractivity contribution in [3.05, 3.63) is 179 Å². The number of nitrogens with one attached hydrogen (secondary N) is 4. The molecule has 85 heavy (non-hydrogen) atoms. The summed E-state index contributed by atoms with van der Waals surface area (Å²) in [6.45, 7) is 11.6. The molecule has 24 heteroatoms. The van der Waals surface area contributed by atoms with E-state index < -0.39 is 81.4 Å². The predicted molar refractivity (Wildman–Crippen MR) is 327 cm³/mol. The van der Waals surface area contributed by atoms with Crippen molar-refractivity contribution >= 4 is 66.6 Å². The lowest BCUT2D eigenvalue weighted by Gasteiger charge is -2.42. The molecule has 10 rings (SSSR count). The van der Waals surface area contributed by atoms with E-state index in [-0.39, 0.29) is 71.5 Å². The maximum Gasteiger partial charge on any atom is 0.279 e. The molecule has 0 spiro atoms. The van der Waals surface area contributed by atoms with Gasteiger partial charge in [-0.3, -0.25) is 28.8 Å². The van der Waals surface area contributed by atoms with Crippen molar-refractivity contribution in [3.8, 4) is 6.07 Å². The number of aromatic amines is 1. The minimum absolute atomic E-state index is 0.0219. The van der Waals surface area contributed by atoms with Gasteiger partial charge in [0.1, 0.15) is 36.4 Å². The Morgan fingerprint density at radius 3 is 1.96 bits per heavy atom. The van der Waals surface area contributed by atoms with Crippen LogP contribution < -0.4 is 21.3 Å². The highest BCUT2D eigenvalue weighted by molar-refractivity contribution is 8.09. The third kappa shape index (κ3) is 12.6. The first kappa shape index (κ1) is 61.1. The van der Waals surface area contributed by atoms with Crippen LogP contribution in [0.25, 0.3) is 22.3 Å². The second-order valence-electron chi connectivity index (χ2n) is 23.2. The van der Waals surface area contributed by atoms with Crippen LogP contribution in [0.5, 0.6) is 0 Å². The molecule has 5 N–H and O–H groups in total. The molecular weight excluding hydrogens is 1140 g/mol. The molecule has 2 saturated heterocycles. The molecule has 4 aromatic carbocycles. The highest BCUT2D eigenvalue weighted by atomic mass is 32.5. The van der Waals surface area contributed by atoms with Crippen molar-refractivity contribution in [2.24, 2.45) is 11.8 Å². The number of nitriles is 1. The van der Waals surface area contributed by atoms with E-state index in [2.05, 4.69) is 117 Å². The van der Waals surface area contributed by atoms with Gasteiger partial charge in [0.2, 0.25) is 0 Å². The molecule has 2 unspecified atom stereocenters. The van der Waals surface area contributed by atoms with Crippen LogP contribution in [0, 0.1) is 23.2 Å². The number of nitrogens with zero attached hydrogens (tertiary/aromatic N) is 8. The number of carbonyl (C=O) groups is 2. The van der Waals surface area contributed by atoms with E-state index in [0.29, 0.717) is 16.7 Å². The molecule has 2 aliphatic heterocycles. The van der Waals surface area contributed by atoms with Gasteiger partial charge >= 0.3 is 0 Å². The maximum atomic E-state index is 13.7. The number of Topliss-reactive ketones (excluding diaryl/α,β-unsaturated/α-hetero) is 1. The summed E-state index contributed by atoms with van der Waals surface area (Å²) in [6, 6.07) is 39.9. The molecule has 1 amide bonds. The predicted octanol–water partition coefficient (Wildman–Crippen LogP) is 8.87. The minimum Gasteiger partial charge on any atom is -0.408 e. The average Bonchev–Trinajstić information content (AvgIpc) is 3.62. The number of fused-ring (bicyclic) bond motifs is 2. The van der Waals surface area contributed by atoms with Crippen molar-refractivity contribution in [3.63, 3.8) is 0 Å². The van der Waals surface area contributed by atoms with Crippen LogP contribution in [-0.4, -0.2) is 114 Å². The SMILES string of the molecule is CC(C)C(=O)Cc1nc2c(ncn2[C@@H]2O[C@H](COP(=S)(N[C@H]3[C@@H](O[Si](C)(C)C(C)(C)C)[C@H](n4cnc5c(NC(=O)c6ccccc6)ncnc54)O[C@@H]3CO)OCCC#N)C(NC(c3ccccc3)(c3ccccc3)c3ccccc3)[C@H]2C)c(=O)[nH]1. The number of rotatable bonds is 23. The Morgan fingerprint density at radius 2 is 1.39 bits per heavy atom. The summed E-state index contributed by atoms with van der Waals surface area (Å²) in [7, 11) is -2.74. The molecular formula is C61H71N12O9PSSi. The molecule has 0 aliphatic carbocycles. The molecule has 0 radical (unpaired) electrons. The van der Waals surface area contributed by atoms with E-state index in [1.807, 2.05) is 67.6 Å². The molecule has 6 heterocycles. The van der Waals surface area contributed by atoms with Gasteiger partial charge in [-0.15, -0.1) is 0 Å². The number of aliphatic hydroxyl groups is 1. The number of hydrogen-bond acceptors (Lipinski definition) is 17. The molecule has 4 aromatic heterocycles. The number of aliphatic hydroxyl groups excluding tert-OH is 1. The van der Waals surface area contributed by atoms with Crippen LogP contribution in [0.15, 0.2) is 145 Å². The zero-order chi connectivity index (χ0) is 60.3. The molecule has 2 aliphatic rings. The molecule has 8 aromatic rings. The Bertz CT molecular complexity index is 3690. The highest BCUT2D eigenvalue weighted by Crippen LogP contribution is 2.51. The second kappa shape index (κ2) is 25.5. The van der Waals surface area contributed by atoms with Crippen LogP contribution in [-0.2, 0) is 51.5 Å². The van der Waals surface area contributed by atoms with Gasteiger partial charge < -0.3 is 38.4 Å². The second-order valence-corrected chi connectivity index (χ2v) is 31.2. The van der Waals surface area contributed by atoms with Gasteiger partial charge in [-0.05, 0) is 58.8 Å². The third-order valence-electron chi connectivity index (χ3n) is 16.3. The number of ether oxygens (including phenoxy) is 2. The van der Waals surface area contributed by atoms with Crippen molar-refractivity contribution in [2.45, 2.75) is 121 Å². The van der Waals surface area contributed by atoms with Crippen molar-refractivity contribution < 1.29 is 37.6 Å². The average molecular weight is 1210 g/mol. The van der Waals surface area contributed by atoms with Crippen molar-refractivity contribution in [2.75, 3.05) is 25.1 Å². The van der Waals surface area contributed by atoms with Gasteiger partial charge in [-0.2, -0.15) is 5.26 Å². The normalized spacial score (nSPS) is 21.8. The summed E-state index contributed by atoms with van der Waals surface area (Å²) in [5.41, 5.74) is 2.70. The summed E-state index contributed by atoms with van der Waals surface area (Å²) in [5, 5.41) is 31.5. The Labute approximate surface area is 499 Å². The first-order valence-electron chi connectivity index (χ1n) is 28.4. The number of carbonyl (C=O) groups excluding carboxylic acids is 2. The van der Waals surface area contributed by atoms with E-state index in [4.69, 9.17) is 39.7 Å². The molecule has 0 bridgehead atoms. The van der Waals surface area contributed by atoms with Crippen LogP contribution in [0.1, 0.15) is 93.3 Å². The number of hydrogen-bond donors (Lipinski definition) is 5. The molecule has 21 nitrogen and oxygen atoms in total. The van der Waals surface area contributed by atoms with Gasteiger partial charge in [0.05, 0.1) is 69.1 Å². The summed E-state index contributed by atoms with van der Waals surface area (Å²) in [4.78, 5) is 66.0. The third-order valence-corrected chi connectivity index (χ3v) is 23.4. The summed E-state index contributed by atoms with van der Waals surface area (Å²) in [5.74, 6) is -0.804. The maximum absolute atomic E-state index is 13.7. The Kier molecular flexibility index (Phi) is 18.3. The van der Waals surface area contributed by atoms with Crippen LogP contribution in [0.3, 0.4) is 0 Å². The lowest BCUT2D eigenvalue weighted by molar-refractivity contribution is -0.121. The summed E-state index contributed by atoms with van der Waals surface area (Å²) < 4.78 is 38.4. The van der Waals surface area contributed by atoms with E-state index in [9.17, 15) is 24.8 Å². The lowest BCUT2D eigenvalue weighted by atomic mass is 9.75. The fourth-order valence-electron chi connectivity index (χ4n) is 10.8. The van der Waals surface area contributed by atoms with Gasteiger partial charge in [0.15, 0.2) is 42.7 Å². The molecule has 2 fully saturated rings. The smallest absolute Gasteiger partial charge is 0.279 e. The van der Waals surface area contributed by atoms with Crippen molar-refractivity contribution in [1.29, 1.82) is 5.26 Å².